The molecule has 0 bridgehead atoms. The lowest BCUT2D eigenvalue weighted by atomic mass is 10.0. The number of carbonyl (C=O) groups excluding carboxylic acids is 3. The Balaban J connectivity index is 1.87. The van der Waals surface area contributed by atoms with E-state index in [0.29, 0.717) is 11.3 Å². The third-order valence-electron chi connectivity index (χ3n) is 3.81. The Kier molecular flexibility index (Phi) is 6.06. The molecule has 0 saturated carbocycles. The van der Waals surface area contributed by atoms with Crippen LogP contribution in [-0.2, 0) is 20.7 Å². The van der Waals surface area contributed by atoms with Gasteiger partial charge in [-0.25, -0.2) is 0 Å². The number of ketones is 1. The van der Waals surface area contributed by atoms with Crippen LogP contribution in [0.2, 0.25) is 0 Å². The van der Waals surface area contributed by atoms with Gasteiger partial charge in [-0.1, -0.05) is 18.2 Å². The molecule has 0 fully saturated rings. The first-order valence-corrected chi connectivity index (χ1v) is 7.98. The zero-order chi connectivity index (χ0) is 18.4. The zero-order valence-electron chi connectivity index (χ0n) is 14.6. The number of Topliss-reactive ketones (excluding diaryl/α,β-unsaturated/α-hetero) is 1. The third kappa shape index (κ3) is 5.57. The summed E-state index contributed by atoms with van der Waals surface area (Å²) in [5, 5.41) is 2.62. The molecule has 0 aliphatic rings. The Hall–Kier alpha value is -2.95. The first kappa shape index (κ1) is 18.4. The number of aryl methyl sites for hydroxylation is 2. The van der Waals surface area contributed by atoms with E-state index in [4.69, 9.17) is 4.74 Å². The Bertz CT molecular complexity index is 794. The molecule has 0 saturated heterocycles. The van der Waals surface area contributed by atoms with E-state index in [1.54, 1.807) is 24.3 Å². The first-order chi connectivity index (χ1) is 11.8. The van der Waals surface area contributed by atoms with Gasteiger partial charge >= 0.3 is 5.97 Å². The predicted molar refractivity (Wildman–Crippen MR) is 95.7 cm³/mol. The van der Waals surface area contributed by atoms with Gasteiger partial charge in [0.1, 0.15) is 0 Å². The standard InChI is InChI=1S/C20H21NO4/c1-13-4-5-16(10-14(13)2)11-20(24)25-12-19(23)17-6-8-18(9-7-17)21-15(3)22/h4-10H,11-12H2,1-3H3,(H,21,22). The molecule has 2 aromatic rings. The molecule has 0 unspecified atom stereocenters. The van der Waals surface area contributed by atoms with Gasteiger partial charge in [-0.3, -0.25) is 14.4 Å². The molecule has 25 heavy (non-hydrogen) atoms. The average Bonchev–Trinajstić information content (AvgIpc) is 2.56. The SMILES string of the molecule is CC(=O)Nc1ccc(C(=O)COC(=O)Cc2ccc(C)c(C)c2)cc1. The van der Waals surface area contributed by atoms with Gasteiger partial charge in [0.2, 0.25) is 5.91 Å². The van der Waals surface area contributed by atoms with E-state index in [2.05, 4.69) is 5.32 Å². The van der Waals surface area contributed by atoms with Crippen LogP contribution in [0.3, 0.4) is 0 Å². The highest BCUT2D eigenvalue weighted by atomic mass is 16.5. The van der Waals surface area contributed by atoms with Crippen LogP contribution in [0.4, 0.5) is 5.69 Å². The minimum Gasteiger partial charge on any atom is -0.457 e. The Morgan fingerprint density at radius 3 is 2.24 bits per heavy atom. The minimum atomic E-state index is -0.438. The van der Waals surface area contributed by atoms with Gasteiger partial charge in [0.15, 0.2) is 12.4 Å². The number of nitrogens with one attached hydrogen (secondary N) is 1. The van der Waals surface area contributed by atoms with Crippen LogP contribution in [0, 0.1) is 13.8 Å². The summed E-state index contributed by atoms with van der Waals surface area (Å²) in [6, 6.07) is 12.2. The summed E-state index contributed by atoms with van der Waals surface area (Å²) in [5.74, 6) is -0.909. The van der Waals surface area contributed by atoms with Gasteiger partial charge in [-0.05, 0) is 54.8 Å². The second-order valence-electron chi connectivity index (χ2n) is 5.94. The van der Waals surface area contributed by atoms with E-state index in [0.717, 1.165) is 16.7 Å². The third-order valence-corrected chi connectivity index (χ3v) is 3.81. The molecule has 0 aliphatic heterocycles. The van der Waals surface area contributed by atoms with Gasteiger partial charge in [0, 0.05) is 18.2 Å². The molecular weight excluding hydrogens is 318 g/mol. The van der Waals surface area contributed by atoms with E-state index in [9.17, 15) is 14.4 Å². The van der Waals surface area contributed by atoms with Crippen molar-refractivity contribution in [1.82, 2.24) is 0 Å². The van der Waals surface area contributed by atoms with E-state index in [1.165, 1.54) is 6.92 Å². The predicted octanol–water partition coefficient (Wildman–Crippen LogP) is 3.23. The Morgan fingerprint density at radius 1 is 0.960 bits per heavy atom. The van der Waals surface area contributed by atoms with Crippen molar-refractivity contribution in [1.29, 1.82) is 0 Å². The molecule has 0 spiro atoms. The van der Waals surface area contributed by atoms with Crippen molar-refractivity contribution in [3.63, 3.8) is 0 Å². The lowest BCUT2D eigenvalue weighted by Crippen LogP contribution is -2.16. The van der Waals surface area contributed by atoms with Crippen LogP contribution in [0.1, 0.15) is 34.0 Å². The van der Waals surface area contributed by atoms with Crippen molar-refractivity contribution in [2.24, 2.45) is 0 Å². The first-order valence-electron chi connectivity index (χ1n) is 7.98. The summed E-state index contributed by atoms with van der Waals surface area (Å²) >= 11 is 0. The number of esters is 1. The fraction of sp³-hybridized carbons (Fsp3) is 0.250. The quantitative estimate of drug-likeness (QED) is 0.648. The van der Waals surface area contributed by atoms with E-state index in [-0.39, 0.29) is 24.7 Å². The maximum atomic E-state index is 12.1. The van der Waals surface area contributed by atoms with Crippen LogP contribution in [0.15, 0.2) is 42.5 Å². The maximum absolute atomic E-state index is 12.1. The fourth-order valence-corrected chi connectivity index (χ4v) is 2.30. The van der Waals surface area contributed by atoms with E-state index in [1.807, 2.05) is 32.0 Å². The molecule has 0 aromatic heterocycles. The lowest BCUT2D eigenvalue weighted by Gasteiger charge is -2.07. The van der Waals surface area contributed by atoms with Crippen LogP contribution >= 0.6 is 0 Å². The molecule has 0 atom stereocenters. The smallest absolute Gasteiger partial charge is 0.310 e. The van der Waals surface area contributed by atoms with E-state index < -0.39 is 5.97 Å². The van der Waals surface area contributed by atoms with Gasteiger partial charge in [0.05, 0.1) is 6.42 Å². The normalized spacial score (nSPS) is 10.2. The fourth-order valence-electron chi connectivity index (χ4n) is 2.30. The number of hydrogen-bond acceptors (Lipinski definition) is 4. The summed E-state index contributed by atoms with van der Waals surface area (Å²) in [5.41, 5.74) is 4.17. The Labute approximate surface area is 147 Å². The van der Waals surface area contributed by atoms with E-state index >= 15 is 0 Å². The second kappa shape index (κ2) is 8.24. The van der Waals surface area contributed by atoms with Gasteiger partial charge < -0.3 is 10.1 Å². The highest BCUT2D eigenvalue weighted by Crippen LogP contribution is 2.12. The number of anilines is 1. The summed E-state index contributed by atoms with van der Waals surface area (Å²) in [6.07, 6.45) is 0.135. The van der Waals surface area contributed by atoms with Crippen LogP contribution in [-0.4, -0.2) is 24.3 Å². The van der Waals surface area contributed by atoms with Crippen LogP contribution < -0.4 is 5.32 Å². The molecule has 1 N–H and O–H groups in total. The second-order valence-corrected chi connectivity index (χ2v) is 5.94. The van der Waals surface area contributed by atoms with Crippen LogP contribution in [0.5, 0.6) is 0 Å². The number of benzene rings is 2. The molecular formula is C20H21NO4. The zero-order valence-corrected chi connectivity index (χ0v) is 14.6. The molecule has 5 nitrogen and oxygen atoms in total. The largest absolute Gasteiger partial charge is 0.457 e. The number of hydrogen-bond donors (Lipinski definition) is 1. The molecule has 0 radical (unpaired) electrons. The van der Waals surface area contributed by atoms with Gasteiger partial charge in [0.25, 0.3) is 0 Å². The monoisotopic (exact) mass is 339 g/mol. The molecule has 0 heterocycles. The highest BCUT2D eigenvalue weighted by Gasteiger charge is 2.11. The summed E-state index contributed by atoms with van der Waals surface area (Å²) < 4.78 is 5.07. The average molecular weight is 339 g/mol. The minimum absolute atomic E-state index is 0.135. The Morgan fingerprint density at radius 2 is 1.64 bits per heavy atom. The van der Waals surface area contributed by atoms with Crippen molar-refractivity contribution in [3.8, 4) is 0 Å². The maximum Gasteiger partial charge on any atom is 0.310 e. The van der Waals surface area contributed by atoms with Crippen molar-refractivity contribution >= 4 is 23.3 Å². The molecule has 2 aromatic carbocycles. The summed E-state index contributed by atoms with van der Waals surface area (Å²) in [4.78, 5) is 34.9. The van der Waals surface area contributed by atoms with Crippen molar-refractivity contribution in [2.45, 2.75) is 27.2 Å². The molecule has 130 valence electrons. The number of carbonyl (C=O) groups is 3. The van der Waals surface area contributed by atoms with Crippen molar-refractivity contribution in [3.05, 3.63) is 64.7 Å². The number of rotatable bonds is 6. The topological polar surface area (TPSA) is 72.5 Å². The lowest BCUT2D eigenvalue weighted by molar-refractivity contribution is -0.141. The summed E-state index contributed by atoms with van der Waals surface area (Å²) in [7, 11) is 0. The van der Waals surface area contributed by atoms with Crippen molar-refractivity contribution in [2.75, 3.05) is 11.9 Å². The molecule has 0 aliphatic carbocycles. The molecule has 1 amide bonds. The number of amides is 1. The van der Waals surface area contributed by atoms with Crippen molar-refractivity contribution < 1.29 is 19.1 Å². The highest BCUT2D eigenvalue weighted by molar-refractivity contribution is 5.98. The number of ether oxygens (including phenoxy) is 1. The van der Waals surface area contributed by atoms with Gasteiger partial charge in [-0.2, -0.15) is 0 Å². The summed E-state index contributed by atoms with van der Waals surface area (Å²) in [6.45, 7) is 5.10. The van der Waals surface area contributed by atoms with Crippen LogP contribution in [0.25, 0.3) is 0 Å². The van der Waals surface area contributed by atoms with Gasteiger partial charge in [-0.15, -0.1) is 0 Å². The molecule has 5 heteroatoms. The molecule has 2 rings (SSSR count).